The summed E-state index contributed by atoms with van der Waals surface area (Å²) in [6.45, 7) is 3.75. The standard InChI is InChI=1S/C24H25N5O2S/c30-22(27-24-25-8-11-32-24)16-29-15-18-6-7-20(13-21(18)23(29)31)26-19-5-3-4-17(12-19)14-28-9-1-2-10-28/h3-8,11-13,26H,1-2,9-10,14-16H2,(H,25,27,30). The van der Waals surface area contributed by atoms with Crippen LogP contribution in [-0.2, 0) is 17.9 Å². The minimum Gasteiger partial charge on any atom is -0.355 e. The largest absolute Gasteiger partial charge is 0.355 e. The summed E-state index contributed by atoms with van der Waals surface area (Å²) in [5.41, 5.74) is 4.73. The van der Waals surface area contributed by atoms with Gasteiger partial charge in [0.2, 0.25) is 5.91 Å². The van der Waals surface area contributed by atoms with Crippen LogP contribution >= 0.6 is 11.3 Å². The van der Waals surface area contributed by atoms with Gasteiger partial charge in [-0.25, -0.2) is 4.98 Å². The molecule has 1 saturated heterocycles. The third-order valence-electron chi connectivity index (χ3n) is 5.82. The monoisotopic (exact) mass is 447 g/mol. The van der Waals surface area contributed by atoms with Crippen molar-refractivity contribution < 1.29 is 9.59 Å². The fourth-order valence-electron chi connectivity index (χ4n) is 4.30. The quantitative estimate of drug-likeness (QED) is 0.571. The number of nitrogens with one attached hydrogen (secondary N) is 2. The van der Waals surface area contributed by atoms with Crippen LogP contribution in [0, 0.1) is 0 Å². The van der Waals surface area contributed by atoms with Crippen molar-refractivity contribution in [2.24, 2.45) is 0 Å². The van der Waals surface area contributed by atoms with Gasteiger partial charge in [0.05, 0.1) is 0 Å². The number of thiazole rings is 1. The lowest BCUT2D eigenvalue weighted by atomic mass is 10.1. The number of carbonyl (C=O) groups excluding carboxylic acids is 2. The summed E-state index contributed by atoms with van der Waals surface area (Å²) in [4.78, 5) is 33.2. The summed E-state index contributed by atoms with van der Waals surface area (Å²) in [5.74, 6) is -0.366. The Morgan fingerprint density at radius 1 is 1.09 bits per heavy atom. The van der Waals surface area contributed by atoms with Gasteiger partial charge in [-0.05, 0) is 61.3 Å². The van der Waals surface area contributed by atoms with E-state index in [0.717, 1.165) is 23.5 Å². The normalized spacial score (nSPS) is 15.8. The van der Waals surface area contributed by atoms with Crippen molar-refractivity contribution in [1.82, 2.24) is 14.8 Å². The molecule has 0 unspecified atom stereocenters. The number of carbonyl (C=O) groups is 2. The molecule has 5 rings (SSSR count). The highest BCUT2D eigenvalue weighted by atomic mass is 32.1. The van der Waals surface area contributed by atoms with Crippen molar-refractivity contribution in [1.29, 1.82) is 0 Å². The first kappa shape index (κ1) is 20.7. The Morgan fingerprint density at radius 3 is 2.75 bits per heavy atom. The second-order valence-corrected chi connectivity index (χ2v) is 9.12. The zero-order chi connectivity index (χ0) is 21.9. The molecule has 0 aliphatic carbocycles. The number of fused-ring (bicyclic) bond motifs is 1. The molecule has 2 N–H and O–H groups in total. The van der Waals surface area contributed by atoms with Crippen LogP contribution in [-0.4, -0.2) is 46.2 Å². The topological polar surface area (TPSA) is 77.6 Å². The van der Waals surface area contributed by atoms with Crippen molar-refractivity contribution in [3.05, 3.63) is 70.7 Å². The van der Waals surface area contributed by atoms with Gasteiger partial charge < -0.3 is 15.5 Å². The first-order chi connectivity index (χ1) is 15.6. The summed E-state index contributed by atoms with van der Waals surface area (Å²) in [5, 5.41) is 8.49. The molecule has 1 aromatic heterocycles. The van der Waals surface area contributed by atoms with Gasteiger partial charge in [0.1, 0.15) is 6.54 Å². The summed E-state index contributed by atoms with van der Waals surface area (Å²) in [6, 6.07) is 14.3. The van der Waals surface area contributed by atoms with Crippen molar-refractivity contribution in [3.63, 3.8) is 0 Å². The van der Waals surface area contributed by atoms with Gasteiger partial charge in [0, 0.05) is 41.6 Å². The number of amides is 2. The molecule has 0 spiro atoms. The lowest BCUT2D eigenvalue weighted by Crippen LogP contribution is -2.33. The summed E-state index contributed by atoms with van der Waals surface area (Å²) in [7, 11) is 0. The second kappa shape index (κ2) is 9.10. The molecule has 8 heteroatoms. The predicted octanol–water partition coefficient (Wildman–Crippen LogP) is 4.08. The van der Waals surface area contributed by atoms with Crippen LogP contribution in [0.3, 0.4) is 0 Å². The van der Waals surface area contributed by atoms with Gasteiger partial charge in [-0.2, -0.15) is 0 Å². The summed E-state index contributed by atoms with van der Waals surface area (Å²) < 4.78 is 0. The van der Waals surface area contributed by atoms with Crippen LogP contribution in [0.2, 0.25) is 0 Å². The molecule has 2 aliphatic rings. The van der Waals surface area contributed by atoms with Crippen LogP contribution in [0.4, 0.5) is 16.5 Å². The SMILES string of the molecule is O=C(CN1Cc2ccc(Nc3cccc(CN4CCCC4)c3)cc2C1=O)Nc1nccs1. The van der Waals surface area contributed by atoms with E-state index in [1.54, 1.807) is 16.5 Å². The molecule has 2 aliphatic heterocycles. The van der Waals surface area contributed by atoms with E-state index in [9.17, 15) is 9.59 Å². The van der Waals surface area contributed by atoms with Gasteiger partial charge in [-0.15, -0.1) is 11.3 Å². The minimum atomic E-state index is -0.241. The first-order valence-electron chi connectivity index (χ1n) is 10.8. The van der Waals surface area contributed by atoms with E-state index in [1.165, 1.54) is 42.8 Å². The van der Waals surface area contributed by atoms with Gasteiger partial charge in [0.15, 0.2) is 5.13 Å². The number of nitrogens with zero attached hydrogens (tertiary/aromatic N) is 3. The van der Waals surface area contributed by atoms with E-state index in [0.29, 0.717) is 17.2 Å². The van der Waals surface area contributed by atoms with Crippen molar-refractivity contribution in [3.8, 4) is 0 Å². The Bertz CT molecular complexity index is 1130. The highest BCUT2D eigenvalue weighted by molar-refractivity contribution is 7.13. The van der Waals surface area contributed by atoms with Crippen LogP contribution in [0.5, 0.6) is 0 Å². The van der Waals surface area contributed by atoms with E-state index in [-0.39, 0.29) is 18.4 Å². The van der Waals surface area contributed by atoms with Crippen LogP contribution < -0.4 is 10.6 Å². The molecule has 32 heavy (non-hydrogen) atoms. The fourth-order valence-corrected chi connectivity index (χ4v) is 4.84. The molecule has 2 amide bonds. The Kier molecular flexibility index (Phi) is 5.87. The molecule has 2 aromatic carbocycles. The average Bonchev–Trinajstić information content (AvgIpc) is 3.53. The zero-order valence-electron chi connectivity index (χ0n) is 17.7. The zero-order valence-corrected chi connectivity index (χ0v) is 18.5. The Morgan fingerprint density at radius 2 is 1.94 bits per heavy atom. The summed E-state index contributed by atoms with van der Waals surface area (Å²) in [6.07, 6.45) is 4.20. The second-order valence-electron chi connectivity index (χ2n) is 8.23. The molecule has 0 bridgehead atoms. The number of likely N-dealkylation sites (tertiary alicyclic amines) is 1. The molecule has 0 radical (unpaired) electrons. The van der Waals surface area contributed by atoms with E-state index < -0.39 is 0 Å². The molecule has 0 saturated carbocycles. The molecule has 0 atom stereocenters. The third kappa shape index (κ3) is 4.66. The van der Waals surface area contributed by atoms with E-state index in [2.05, 4.69) is 38.7 Å². The lowest BCUT2D eigenvalue weighted by Gasteiger charge is -2.15. The molecule has 3 heterocycles. The minimum absolute atomic E-state index is 0.00833. The van der Waals surface area contributed by atoms with Gasteiger partial charge in [0.25, 0.3) is 5.91 Å². The first-order valence-corrected chi connectivity index (χ1v) is 11.7. The van der Waals surface area contributed by atoms with Crippen molar-refractivity contribution >= 4 is 39.7 Å². The lowest BCUT2D eigenvalue weighted by molar-refractivity contribution is -0.116. The maximum absolute atomic E-state index is 12.9. The maximum atomic E-state index is 12.9. The Hall–Kier alpha value is -3.23. The van der Waals surface area contributed by atoms with Gasteiger partial charge in [-0.3, -0.25) is 14.5 Å². The van der Waals surface area contributed by atoms with E-state index >= 15 is 0 Å². The molecule has 7 nitrogen and oxygen atoms in total. The molecule has 1 fully saturated rings. The van der Waals surface area contributed by atoms with Crippen LogP contribution in [0.15, 0.2) is 54.0 Å². The fraction of sp³-hybridized carbons (Fsp3) is 0.292. The number of aromatic nitrogens is 1. The van der Waals surface area contributed by atoms with Gasteiger partial charge >= 0.3 is 0 Å². The number of anilines is 3. The van der Waals surface area contributed by atoms with Crippen molar-refractivity contribution in [2.75, 3.05) is 30.3 Å². The number of hydrogen-bond donors (Lipinski definition) is 2. The molecular formula is C24H25N5O2S. The third-order valence-corrected chi connectivity index (χ3v) is 6.51. The average molecular weight is 448 g/mol. The maximum Gasteiger partial charge on any atom is 0.255 e. The Labute approximate surface area is 191 Å². The predicted molar refractivity (Wildman–Crippen MR) is 126 cm³/mol. The highest BCUT2D eigenvalue weighted by Crippen LogP contribution is 2.28. The van der Waals surface area contributed by atoms with E-state index in [1.807, 2.05) is 24.3 Å². The smallest absolute Gasteiger partial charge is 0.255 e. The number of rotatable bonds is 7. The Balaban J connectivity index is 1.23. The van der Waals surface area contributed by atoms with Crippen molar-refractivity contribution in [2.45, 2.75) is 25.9 Å². The summed E-state index contributed by atoms with van der Waals surface area (Å²) >= 11 is 1.35. The highest BCUT2D eigenvalue weighted by Gasteiger charge is 2.29. The van der Waals surface area contributed by atoms with E-state index in [4.69, 9.17) is 0 Å². The van der Waals surface area contributed by atoms with Crippen LogP contribution in [0.25, 0.3) is 0 Å². The number of hydrogen-bond acceptors (Lipinski definition) is 6. The number of benzene rings is 2. The molecule has 164 valence electrons. The molecular weight excluding hydrogens is 422 g/mol. The molecule has 3 aromatic rings. The van der Waals surface area contributed by atoms with Gasteiger partial charge in [-0.1, -0.05) is 18.2 Å². The van der Waals surface area contributed by atoms with Crippen LogP contribution in [0.1, 0.15) is 34.3 Å².